The van der Waals surface area contributed by atoms with Crippen molar-refractivity contribution in [1.29, 1.82) is 0 Å². The molecule has 0 fully saturated rings. The smallest absolute Gasteiger partial charge is 0.330 e. The third-order valence-corrected chi connectivity index (χ3v) is 4.12. The number of carbonyl (C=O) groups excluding carboxylic acids is 1. The molecule has 152 valence electrons. The lowest BCUT2D eigenvalue weighted by molar-refractivity contribution is -0.124. The number of anilines is 2. The Balaban J connectivity index is 2.43. The number of nitrogens with two attached hydrogens (primary N) is 1. The zero-order chi connectivity index (χ0) is 20.7. The van der Waals surface area contributed by atoms with E-state index in [1.54, 1.807) is 31.2 Å². The molecule has 9 heteroatoms. The van der Waals surface area contributed by atoms with E-state index in [2.05, 4.69) is 4.98 Å². The Bertz CT molecular complexity index is 907. The van der Waals surface area contributed by atoms with Gasteiger partial charge in [0, 0.05) is 20.2 Å². The molecule has 1 aromatic carbocycles. The van der Waals surface area contributed by atoms with Crippen LogP contribution in [0.4, 0.5) is 11.5 Å². The first-order valence-corrected chi connectivity index (χ1v) is 9.05. The van der Waals surface area contributed by atoms with Crippen LogP contribution < -0.4 is 26.6 Å². The number of benzene rings is 1. The number of nitrogens with zero attached hydrogens (tertiary/aromatic N) is 2. The van der Waals surface area contributed by atoms with Gasteiger partial charge in [-0.25, -0.2) is 4.79 Å². The van der Waals surface area contributed by atoms with E-state index < -0.39 is 23.3 Å². The van der Waals surface area contributed by atoms with Crippen molar-refractivity contribution in [1.82, 2.24) is 9.55 Å². The molecule has 9 nitrogen and oxygen atoms in total. The summed E-state index contributed by atoms with van der Waals surface area (Å²) in [6, 6.07) is 8.87. The number of carbonyl (C=O) groups is 1. The molecule has 0 saturated carbocycles. The number of nitrogen functional groups attached to an aromatic ring is 1. The fourth-order valence-corrected chi connectivity index (χ4v) is 2.77. The highest BCUT2D eigenvalue weighted by Gasteiger charge is 2.28. The molecule has 28 heavy (non-hydrogen) atoms. The molecule has 0 aliphatic carbocycles. The lowest BCUT2D eigenvalue weighted by atomic mass is 10.2. The fraction of sp³-hybridized carbons (Fsp3) is 0.421. The number of nitrogens with one attached hydrogen (secondary N) is 1. The molecule has 2 aromatic rings. The van der Waals surface area contributed by atoms with Gasteiger partial charge in [-0.05, 0) is 25.5 Å². The van der Waals surface area contributed by atoms with Gasteiger partial charge >= 0.3 is 5.69 Å². The maximum absolute atomic E-state index is 13.1. The molecule has 1 amide bonds. The van der Waals surface area contributed by atoms with Gasteiger partial charge in [-0.3, -0.25) is 24.0 Å². The Morgan fingerprint density at radius 2 is 1.96 bits per heavy atom. The molecular weight excluding hydrogens is 364 g/mol. The Labute approximate surface area is 162 Å². The molecule has 0 radical (unpaired) electrons. The highest BCUT2D eigenvalue weighted by molar-refractivity contribution is 5.98. The number of hydrogen-bond donors (Lipinski definition) is 2. The summed E-state index contributed by atoms with van der Waals surface area (Å²) in [5.74, 6) is -0.0142. The zero-order valence-corrected chi connectivity index (χ0v) is 16.3. The van der Waals surface area contributed by atoms with E-state index in [4.69, 9.17) is 15.2 Å². The summed E-state index contributed by atoms with van der Waals surface area (Å²) in [7, 11) is 1.48. The number of amides is 1. The summed E-state index contributed by atoms with van der Waals surface area (Å²) in [6.07, 6.45) is -0.251. The molecular formula is C19H26N4O5. The summed E-state index contributed by atoms with van der Waals surface area (Å²) in [5, 5.41) is 0. The number of ether oxygens (including phenoxy) is 2. The highest BCUT2D eigenvalue weighted by atomic mass is 16.5. The molecule has 2 rings (SSSR count). The van der Waals surface area contributed by atoms with Crippen molar-refractivity contribution >= 4 is 17.4 Å². The van der Waals surface area contributed by atoms with Crippen molar-refractivity contribution in [2.45, 2.75) is 32.9 Å². The Kier molecular flexibility index (Phi) is 7.39. The number of aromatic nitrogens is 2. The van der Waals surface area contributed by atoms with Crippen LogP contribution in [0.3, 0.4) is 0 Å². The van der Waals surface area contributed by atoms with Crippen LogP contribution in [0.25, 0.3) is 0 Å². The van der Waals surface area contributed by atoms with Crippen molar-refractivity contribution in [3.8, 4) is 5.75 Å². The monoisotopic (exact) mass is 390 g/mol. The molecule has 0 aliphatic rings. The molecule has 0 bridgehead atoms. The van der Waals surface area contributed by atoms with E-state index >= 15 is 0 Å². The van der Waals surface area contributed by atoms with Crippen LogP contribution in [0.15, 0.2) is 39.9 Å². The normalized spacial score (nSPS) is 11.8. The summed E-state index contributed by atoms with van der Waals surface area (Å²) < 4.78 is 12.0. The van der Waals surface area contributed by atoms with Crippen LogP contribution in [-0.2, 0) is 16.1 Å². The van der Waals surface area contributed by atoms with Gasteiger partial charge < -0.3 is 15.2 Å². The second-order valence-corrected chi connectivity index (χ2v) is 6.20. The Hall–Kier alpha value is -3.07. The standard InChI is InChI=1S/C19H26N4O5/c1-4-10-23-16(20)15(17(24)21-19(23)26)22(11-12-27-3)18(25)13(2)28-14-8-6-5-7-9-14/h5-9,13H,4,10-12,20H2,1-3H3,(H,21,24,26)/t13-/m0/s1. The maximum Gasteiger partial charge on any atom is 0.330 e. The average Bonchev–Trinajstić information content (AvgIpc) is 2.67. The third kappa shape index (κ3) is 4.80. The van der Waals surface area contributed by atoms with Crippen molar-refractivity contribution in [2.75, 3.05) is 30.9 Å². The lowest BCUT2D eigenvalue weighted by Crippen LogP contribution is -2.47. The third-order valence-electron chi connectivity index (χ3n) is 4.12. The number of methoxy groups -OCH3 is 1. The fourth-order valence-electron chi connectivity index (χ4n) is 2.77. The Morgan fingerprint density at radius 1 is 1.29 bits per heavy atom. The lowest BCUT2D eigenvalue weighted by Gasteiger charge is -2.27. The van der Waals surface area contributed by atoms with Crippen LogP contribution in [-0.4, -0.2) is 41.8 Å². The summed E-state index contributed by atoms with van der Waals surface area (Å²) >= 11 is 0. The summed E-state index contributed by atoms with van der Waals surface area (Å²) in [4.78, 5) is 41.0. The van der Waals surface area contributed by atoms with Crippen LogP contribution in [0, 0.1) is 0 Å². The molecule has 0 unspecified atom stereocenters. The largest absolute Gasteiger partial charge is 0.481 e. The first kappa shape index (κ1) is 21.2. The molecule has 1 heterocycles. The SMILES string of the molecule is CCCn1c(N)c(N(CCOC)C(=O)[C@H](C)Oc2ccccc2)c(=O)[nH]c1=O. The van der Waals surface area contributed by atoms with E-state index in [1.807, 2.05) is 13.0 Å². The van der Waals surface area contributed by atoms with E-state index in [1.165, 1.54) is 16.6 Å². The van der Waals surface area contributed by atoms with Crippen LogP contribution >= 0.6 is 0 Å². The maximum atomic E-state index is 13.1. The average molecular weight is 390 g/mol. The zero-order valence-electron chi connectivity index (χ0n) is 16.3. The van der Waals surface area contributed by atoms with Crippen molar-refractivity contribution in [3.05, 3.63) is 51.2 Å². The van der Waals surface area contributed by atoms with E-state index in [0.717, 1.165) is 0 Å². The molecule has 0 saturated heterocycles. The van der Waals surface area contributed by atoms with Crippen LogP contribution in [0.1, 0.15) is 20.3 Å². The minimum Gasteiger partial charge on any atom is -0.481 e. The summed E-state index contributed by atoms with van der Waals surface area (Å²) in [6.45, 7) is 4.03. The van der Waals surface area contributed by atoms with Gasteiger partial charge in [-0.2, -0.15) is 0 Å². The number of hydrogen-bond acceptors (Lipinski definition) is 6. The van der Waals surface area contributed by atoms with E-state index in [9.17, 15) is 14.4 Å². The van der Waals surface area contributed by atoms with Gasteiger partial charge in [0.1, 0.15) is 11.6 Å². The second-order valence-electron chi connectivity index (χ2n) is 6.20. The van der Waals surface area contributed by atoms with Gasteiger partial charge in [-0.1, -0.05) is 25.1 Å². The van der Waals surface area contributed by atoms with Crippen molar-refractivity contribution < 1.29 is 14.3 Å². The molecule has 0 aliphatic heterocycles. The van der Waals surface area contributed by atoms with Crippen molar-refractivity contribution in [3.63, 3.8) is 0 Å². The number of rotatable bonds is 9. The van der Waals surface area contributed by atoms with Crippen molar-refractivity contribution in [2.24, 2.45) is 0 Å². The number of para-hydroxylation sites is 1. The second kappa shape index (κ2) is 9.75. The number of aromatic amines is 1. The minimum absolute atomic E-state index is 0.0630. The predicted octanol–water partition coefficient (Wildman–Crippen LogP) is 0.976. The van der Waals surface area contributed by atoms with E-state index in [0.29, 0.717) is 18.7 Å². The first-order valence-electron chi connectivity index (χ1n) is 9.05. The van der Waals surface area contributed by atoms with Crippen LogP contribution in [0.2, 0.25) is 0 Å². The van der Waals surface area contributed by atoms with Gasteiger partial charge in [0.15, 0.2) is 11.8 Å². The quantitative estimate of drug-likeness (QED) is 0.658. The Morgan fingerprint density at radius 3 is 2.57 bits per heavy atom. The van der Waals surface area contributed by atoms with Gasteiger partial charge in [0.25, 0.3) is 11.5 Å². The minimum atomic E-state index is -0.885. The summed E-state index contributed by atoms with van der Waals surface area (Å²) in [5.41, 5.74) is 4.68. The van der Waals surface area contributed by atoms with Gasteiger partial charge in [0.2, 0.25) is 0 Å². The highest BCUT2D eigenvalue weighted by Crippen LogP contribution is 2.19. The topological polar surface area (TPSA) is 120 Å². The van der Waals surface area contributed by atoms with Gasteiger partial charge in [0.05, 0.1) is 6.61 Å². The molecule has 1 atom stereocenters. The molecule has 0 spiro atoms. The van der Waals surface area contributed by atoms with Crippen LogP contribution in [0.5, 0.6) is 5.75 Å². The van der Waals surface area contributed by atoms with Gasteiger partial charge in [-0.15, -0.1) is 0 Å². The molecule has 3 N–H and O–H groups in total. The molecule has 1 aromatic heterocycles. The van der Waals surface area contributed by atoms with E-state index in [-0.39, 0.29) is 24.7 Å². The first-order chi connectivity index (χ1) is 13.4. The number of H-pyrrole nitrogens is 1. The predicted molar refractivity (Wildman–Crippen MR) is 107 cm³/mol.